The van der Waals surface area contributed by atoms with Gasteiger partial charge in [0.25, 0.3) is 6.43 Å². The minimum Gasteiger partial charge on any atom is -0.460 e. The molecular weight excluding hydrogens is 126 g/mol. The Labute approximate surface area is 51.3 Å². The Morgan fingerprint density at radius 2 is 2.11 bits per heavy atom. The van der Waals surface area contributed by atoms with E-state index in [2.05, 4.69) is 11.3 Å². The summed E-state index contributed by atoms with van der Waals surface area (Å²) < 4.78 is 27.8. The molecule has 0 spiro atoms. The maximum Gasteiger partial charge on any atom is 0.295 e. The molecule has 3 heteroatoms. The summed E-state index contributed by atoms with van der Waals surface area (Å²) >= 11 is 0. The molecule has 0 N–H and O–H groups in total. The van der Waals surface area contributed by atoms with Crippen molar-refractivity contribution in [3.8, 4) is 0 Å². The van der Waals surface area contributed by atoms with Gasteiger partial charge in [-0.3, -0.25) is 0 Å². The van der Waals surface area contributed by atoms with E-state index in [1.807, 2.05) is 0 Å². The van der Waals surface area contributed by atoms with E-state index in [0.29, 0.717) is 0 Å². The molecule has 0 saturated carbocycles. The highest BCUT2D eigenvalue weighted by Crippen LogP contribution is 2.20. The zero-order valence-corrected chi connectivity index (χ0v) is 4.60. The predicted molar refractivity (Wildman–Crippen MR) is 28.1 cm³/mol. The third-order valence-corrected chi connectivity index (χ3v) is 0.898. The Morgan fingerprint density at radius 3 is 2.33 bits per heavy atom. The van der Waals surface area contributed by atoms with Crippen LogP contribution in [0.5, 0.6) is 0 Å². The van der Waals surface area contributed by atoms with Gasteiger partial charge in [-0.05, 0) is 12.1 Å². The molecule has 0 aliphatic heterocycles. The van der Waals surface area contributed by atoms with Crippen molar-refractivity contribution in [3.63, 3.8) is 0 Å². The molecule has 1 aromatic rings. The molecule has 0 aromatic carbocycles. The molecular formula is C6H5F2O. The van der Waals surface area contributed by atoms with Gasteiger partial charge in [0.15, 0.2) is 5.76 Å². The summed E-state index contributed by atoms with van der Waals surface area (Å²) in [4.78, 5) is 0. The Hall–Kier alpha value is -0.860. The van der Waals surface area contributed by atoms with Crippen LogP contribution in [-0.2, 0) is 0 Å². The van der Waals surface area contributed by atoms with Gasteiger partial charge in [0.2, 0.25) is 0 Å². The topological polar surface area (TPSA) is 13.1 Å². The van der Waals surface area contributed by atoms with Crippen LogP contribution in [-0.4, -0.2) is 0 Å². The van der Waals surface area contributed by atoms with E-state index in [1.165, 1.54) is 12.1 Å². The molecule has 9 heavy (non-hydrogen) atoms. The fourth-order valence-electron chi connectivity index (χ4n) is 0.512. The first-order chi connectivity index (χ1) is 4.20. The molecule has 1 aromatic heterocycles. The lowest BCUT2D eigenvalue weighted by Gasteiger charge is -1.88. The molecule has 0 aliphatic carbocycles. The van der Waals surface area contributed by atoms with Crippen molar-refractivity contribution < 1.29 is 13.2 Å². The maximum atomic E-state index is 11.7. The zero-order valence-electron chi connectivity index (χ0n) is 4.60. The summed E-state index contributed by atoms with van der Waals surface area (Å²) in [7, 11) is 0. The lowest BCUT2D eigenvalue weighted by Crippen LogP contribution is -1.75. The largest absolute Gasteiger partial charge is 0.460 e. The molecule has 0 unspecified atom stereocenters. The van der Waals surface area contributed by atoms with Crippen LogP contribution in [0.2, 0.25) is 0 Å². The van der Waals surface area contributed by atoms with Gasteiger partial charge in [-0.2, -0.15) is 0 Å². The van der Waals surface area contributed by atoms with Gasteiger partial charge in [-0.1, -0.05) is 0 Å². The van der Waals surface area contributed by atoms with Crippen LogP contribution in [0.1, 0.15) is 17.9 Å². The van der Waals surface area contributed by atoms with Crippen LogP contribution in [0.15, 0.2) is 16.5 Å². The van der Waals surface area contributed by atoms with E-state index in [9.17, 15) is 8.78 Å². The molecule has 0 amide bonds. The molecule has 0 bridgehead atoms. The van der Waals surface area contributed by atoms with E-state index >= 15 is 0 Å². The summed E-state index contributed by atoms with van der Waals surface area (Å²) in [6.45, 7) is 3.32. The van der Waals surface area contributed by atoms with Gasteiger partial charge in [0, 0.05) is 6.92 Å². The molecule has 1 rings (SSSR count). The van der Waals surface area contributed by atoms with Crippen LogP contribution in [0.25, 0.3) is 0 Å². The van der Waals surface area contributed by atoms with Gasteiger partial charge in [0.05, 0.1) is 0 Å². The lowest BCUT2D eigenvalue weighted by atomic mass is 10.4. The zero-order chi connectivity index (χ0) is 6.85. The van der Waals surface area contributed by atoms with E-state index in [4.69, 9.17) is 0 Å². The van der Waals surface area contributed by atoms with Crippen LogP contribution in [0, 0.1) is 6.92 Å². The summed E-state index contributed by atoms with van der Waals surface area (Å²) in [6, 6.07) is 2.62. The van der Waals surface area contributed by atoms with Crippen LogP contribution < -0.4 is 0 Å². The second kappa shape index (κ2) is 2.17. The third-order valence-electron chi connectivity index (χ3n) is 0.898. The number of hydrogen-bond acceptors (Lipinski definition) is 1. The quantitative estimate of drug-likeness (QED) is 0.570. The average Bonchev–Trinajstić information content (AvgIpc) is 2.14. The summed E-state index contributed by atoms with van der Waals surface area (Å²) in [5.41, 5.74) is 0. The first kappa shape index (κ1) is 6.26. The second-order valence-electron chi connectivity index (χ2n) is 1.60. The Kier molecular flexibility index (Phi) is 1.51. The number of alkyl halides is 2. The van der Waals surface area contributed by atoms with Gasteiger partial charge < -0.3 is 4.42 Å². The highest BCUT2D eigenvalue weighted by Gasteiger charge is 2.09. The summed E-state index contributed by atoms with van der Waals surface area (Å²) in [5.74, 6) is -0.0506. The van der Waals surface area contributed by atoms with Crippen LogP contribution in [0.4, 0.5) is 8.78 Å². The Balaban J connectivity index is 2.85. The fraction of sp³-hybridized carbons (Fsp3) is 0.167. The second-order valence-corrected chi connectivity index (χ2v) is 1.60. The molecule has 0 fully saturated rings. The number of hydrogen-bond donors (Lipinski definition) is 0. The van der Waals surface area contributed by atoms with Crippen molar-refractivity contribution >= 4 is 0 Å². The van der Waals surface area contributed by atoms with Crippen LogP contribution >= 0.6 is 0 Å². The van der Waals surface area contributed by atoms with Gasteiger partial charge in [0.1, 0.15) is 5.76 Å². The average molecular weight is 131 g/mol. The minimum absolute atomic E-state index is 0.269. The Morgan fingerprint density at radius 1 is 1.44 bits per heavy atom. The number of halogens is 2. The monoisotopic (exact) mass is 131 g/mol. The number of rotatable bonds is 1. The highest BCUT2D eigenvalue weighted by atomic mass is 19.3. The van der Waals surface area contributed by atoms with Crippen molar-refractivity contribution in [2.45, 2.75) is 6.43 Å². The molecule has 1 radical (unpaired) electrons. The SMILES string of the molecule is [CH2]c1ccc(C(F)F)o1. The van der Waals surface area contributed by atoms with Gasteiger partial charge in [-0.25, -0.2) is 8.78 Å². The molecule has 0 atom stereocenters. The van der Waals surface area contributed by atoms with Crippen molar-refractivity contribution in [3.05, 3.63) is 30.6 Å². The molecule has 0 saturated heterocycles. The predicted octanol–water partition coefficient (Wildman–Crippen LogP) is 2.40. The summed E-state index contributed by atoms with van der Waals surface area (Å²) in [6.07, 6.45) is -2.53. The fourth-order valence-corrected chi connectivity index (χ4v) is 0.512. The van der Waals surface area contributed by atoms with E-state index in [0.717, 1.165) is 0 Å². The molecule has 49 valence electrons. The van der Waals surface area contributed by atoms with E-state index < -0.39 is 6.43 Å². The van der Waals surface area contributed by atoms with Crippen molar-refractivity contribution in [1.82, 2.24) is 0 Å². The van der Waals surface area contributed by atoms with Gasteiger partial charge >= 0.3 is 0 Å². The van der Waals surface area contributed by atoms with E-state index in [-0.39, 0.29) is 11.5 Å². The maximum absolute atomic E-state index is 11.7. The molecule has 0 aliphatic rings. The Bertz CT molecular complexity index is 193. The van der Waals surface area contributed by atoms with Crippen molar-refractivity contribution in [2.24, 2.45) is 0 Å². The first-order valence-electron chi connectivity index (χ1n) is 2.40. The third kappa shape index (κ3) is 1.28. The van der Waals surface area contributed by atoms with Crippen LogP contribution in [0.3, 0.4) is 0 Å². The summed E-state index contributed by atoms with van der Waals surface area (Å²) in [5, 5.41) is 0. The van der Waals surface area contributed by atoms with Gasteiger partial charge in [-0.15, -0.1) is 0 Å². The van der Waals surface area contributed by atoms with Crippen molar-refractivity contribution in [2.75, 3.05) is 0 Å². The molecule has 1 nitrogen and oxygen atoms in total. The van der Waals surface area contributed by atoms with Crippen molar-refractivity contribution in [1.29, 1.82) is 0 Å². The minimum atomic E-state index is -2.53. The first-order valence-corrected chi connectivity index (χ1v) is 2.40. The number of furan rings is 1. The smallest absolute Gasteiger partial charge is 0.295 e. The van der Waals surface area contributed by atoms with E-state index in [1.54, 1.807) is 0 Å². The highest BCUT2D eigenvalue weighted by molar-refractivity contribution is 5.09. The normalized spacial score (nSPS) is 10.7. The standard InChI is InChI=1S/C6H5F2O/c1-4-2-3-5(9-4)6(7)8/h2-3,6H,1H2. The molecule has 1 heterocycles. The lowest BCUT2D eigenvalue weighted by molar-refractivity contribution is 0.121.